The van der Waals surface area contributed by atoms with Crippen LogP contribution in [0.3, 0.4) is 0 Å². The number of oxazole rings is 1. The first-order valence-corrected chi connectivity index (χ1v) is 20.9. The Bertz CT molecular complexity index is 2810. The van der Waals surface area contributed by atoms with Crippen LogP contribution >= 0.6 is 66.7 Å². The fraction of sp³-hybridized carbons (Fsp3) is 0. The Kier molecular flexibility index (Phi) is 5.90. The first-order chi connectivity index (χ1) is 23.8. The molecule has 48 heavy (non-hydrogen) atoms. The van der Waals surface area contributed by atoms with Gasteiger partial charge in [0.05, 0.1) is 14.6 Å². The Balaban J connectivity index is 1.33. The molecule has 0 bridgehead atoms. The number of nitrogens with zero attached hydrogens (tertiary/aromatic N) is 4. The van der Waals surface area contributed by atoms with Crippen molar-refractivity contribution >= 4 is 119 Å². The molecule has 0 saturated heterocycles. The van der Waals surface area contributed by atoms with Crippen LogP contribution in [-0.2, 0) is 0 Å². The first-order valence-electron chi connectivity index (χ1n) is 15.0. The molecule has 230 valence electrons. The predicted octanol–water partition coefficient (Wildman–Crippen LogP) is 12.0. The molecule has 1 N–H and O–H groups in total. The highest BCUT2D eigenvalue weighted by Crippen LogP contribution is 2.82. The maximum atomic E-state index is 6.26. The highest BCUT2D eigenvalue weighted by atomic mass is 32.3. The summed E-state index contributed by atoms with van der Waals surface area (Å²) in [7, 11) is -2.27. The van der Waals surface area contributed by atoms with Gasteiger partial charge in [-0.3, -0.25) is 0 Å². The van der Waals surface area contributed by atoms with Gasteiger partial charge in [-0.2, -0.15) is 4.98 Å². The summed E-state index contributed by atoms with van der Waals surface area (Å²) in [6, 6.07) is 28.4. The normalized spacial score (nSPS) is 17.7. The lowest BCUT2D eigenvalue weighted by Crippen LogP contribution is -2.05. The number of thiophene rings is 3. The number of aromatic nitrogens is 5. The summed E-state index contributed by atoms with van der Waals surface area (Å²) in [4.78, 5) is 30.0. The summed E-state index contributed by atoms with van der Waals surface area (Å²) in [6.45, 7) is 0. The van der Waals surface area contributed by atoms with Crippen molar-refractivity contribution in [1.82, 2.24) is 24.9 Å². The predicted molar refractivity (Wildman–Crippen MR) is 203 cm³/mol. The fourth-order valence-corrected chi connectivity index (χ4v) is 16.2. The van der Waals surface area contributed by atoms with Crippen LogP contribution in [0.4, 0.5) is 0 Å². The van der Waals surface area contributed by atoms with Gasteiger partial charge in [0.25, 0.3) is 5.89 Å². The van der Waals surface area contributed by atoms with Crippen molar-refractivity contribution in [2.75, 3.05) is 0 Å². The molecule has 1 aliphatic rings. The third-order valence-corrected chi connectivity index (χ3v) is 17.6. The van der Waals surface area contributed by atoms with E-state index in [4.69, 9.17) is 24.4 Å². The molecule has 1 unspecified atom stereocenters. The molecule has 0 aliphatic carbocycles. The zero-order chi connectivity index (χ0) is 31.4. The number of hydrogen-bond acceptors (Lipinski definition) is 10. The molecule has 11 rings (SSSR count). The van der Waals surface area contributed by atoms with Crippen molar-refractivity contribution in [3.8, 4) is 11.7 Å². The van der Waals surface area contributed by atoms with Gasteiger partial charge in [0.15, 0.2) is 16.2 Å². The lowest BCUT2D eigenvalue weighted by molar-refractivity contribution is 0.614. The van der Waals surface area contributed by atoms with E-state index in [-0.39, 0.29) is 0 Å². The quantitative estimate of drug-likeness (QED) is 0.178. The van der Waals surface area contributed by atoms with Crippen molar-refractivity contribution in [2.45, 2.75) is 14.3 Å². The summed E-state index contributed by atoms with van der Waals surface area (Å²) in [5, 5.41) is 15.2. The summed E-state index contributed by atoms with van der Waals surface area (Å²) in [6.07, 6.45) is 1.93. The number of imidazole rings is 1. The topological polar surface area (TPSA) is 80.5 Å². The average molecular weight is 730 g/mol. The van der Waals surface area contributed by atoms with Gasteiger partial charge in [-0.05, 0) is 74.1 Å². The van der Waals surface area contributed by atoms with Crippen LogP contribution in [-0.4, -0.2) is 24.9 Å². The smallest absolute Gasteiger partial charge is 0.264 e. The molecular formula is C36H19N5OS6. The van der Waals surface area contributed by atoms with Gasteiger partial charge in [0, 0.05) is 26.9 Å². The van der Waals surface area contributed by atoms with Gasteiger partial charge < -0.3 is 9.40 Å². The minimum Gasteiger partial charge on any atom is -0.433 e. The van der Waals surface area contributed by atoms with E-state index in [0.29, 0.717) is 11.7 Å². The van der Waals surface area contributed by atoms with E-state index in [0.717, 1.165) is 45.8 Å². The Morgan fingerprint density at radius 3 is 2.42 bits per heavy atom. The molecule has 0 radical (unpaired) electrons. The molecular weight excluding hydrogens is 711 g/mol. The molecule has 0 spiro atoms. The largest absolute Gasteiger partial charge is 0.433 e. The van der Waals surface area contributed by atoms with Crippen molar-refractivity contribution < 1.29 is 4.42 Å². The molecule has 0 fully saturated rings. The van der Waals surface area contributed by atoms with Crippen LogP contribution in [0.2, 0.25) is 0 Å². The Hall–Kier alpha value is -4.43. The number of H-pyrrole nitrogens is 1. The number of thiazole rings is 2. The zero-order valence-corrected chi connectivity index (χ0v) is 29.4. The zero-order valence-electron chi connectivity index (χ0n) is 24.5. The van der Waals surface area contributed by atoms with Gasteiger partial charge in [-0.1, -0.05) is 52.5 Å². The van der Waals surface area contributed by atoms with E-state index < -0.39 is 10.0 Å². The molecule has 1 aliphatic heterocycles. The van der Waals surface area contributed by atoms with Gasteiger partial charge in [0.1, 0.15) is 19.9 Å². The van der Waals surface area contributed by atoms with Gasteiger partial charge in [0.2, 0.25) is 0 Å². The summed E-state index contributed by atoms with van der Waals surface area (Å²) >= 11 is 8.43. The maximum Gasteiger partial charge on any atom is 0.264 e. The average Bonchev–Trinajstić information content (AvgIpc) is 3.92. The molecule has 7 aromatic heterocycles. The maximum absolute atomic E-state index is 6.26. The van der Waals surface area contributed by atoms with E-state index >= 15 is 0 Å². The number of benzene rings is 3. The lowest BCUT2D eigenvalue weighted by atomic mass is 10.0. The molecule has 12 heteroatoms. The summed E-state index contributed by atoms with van der Waals surface area (Å²) in [5.74, 6) is 1.11. The van der Waals surface area contributed by atoms with Crippen molar-refractivity contribution in [1.29, 1.82) is 0 Å². The number of fused-ring (bicyclic) bond motifs is 5. The molecule has 0 amide bonds. The number of hydrogen-bond donors (Lipinski definition) is 1. The first kappa shape index (κ1) is 27.5. The van der Waals surface area contributed by atoms with Gasteiger partial charge in [-0.25, -0.2) is 15.0 Å². The third kappa shape index (κ3) is 3.78. The number of rotatable bonds is 5. The van der Waals surface area contributed by atoms with E-state index in [2.05, 4.69) is 93.9 Å². The Labute approximate surface area is 294 Å². The molecule has 8 heterocycles. The number of aromatic amines is 1. The Morgan fingerprint density at radius 2 is 1.58 bits per heavy atom. The van der Waals surface area contributed by atoms with Crippen LogP contribution in [0.5, 0.6) is 0 Å². The molecule has 3 aromatic carbocycles. The van der Waals surface area contributed by atoms with E-state index in [9.17, 15) is 0 Å². The number of nitrogens with one attached hydrogen (secondary N) is 1. The monoisotopic (exact) mass is 729 g/mol. The fourth-order valence-electron chi connectivity index (χ4n) is 6.69. The van der Waals surface area contributed by atoms with E-state index in [1.165, 1.54) is 36.0 Å². The van der Waals surface area contributed by atoms with Gasteiger partial charge >= 0.3 is 0 Å². The van der Waals surface area contributed by atoms with Crippen molar-refractivity contribution in [3.63, 3.8) is 0 Å². The minimum atomic E-state index is -2.27. The van der Waals surface area contributed by atoms with E-state index in [1.807, 2.05) is 17.6 Å². The second kappa shape index (κ2) is 10.3. The van der Waals surface area contributed by atoms with E-state index in [1.54, 1.807) is 56.7 Å². The summed E-state index contributed by atoms with van der Waals surface area (Å²) in [5.41, 5.74) is 2.77. The van der Waals surface area contributed by atoms with Crippen LogP contribution in [0.25, 0.3) is 63.7 Å². The van der Waals surface area contributed by atoms with Crippen LogP contribution in [0.1, 0.15) is 15.6 Å². The van der Waals surface area contributed by atoms with Crippen LogP contribution < -0.4 is 0 Å². The second-order valence-electron chi connectivity index (χ2n) is 11.2. The lowest BCUT2D eigenvalue weighted by Gasteiger charge is -2.37. The Morgan fingerprint density at radius 1 is 0.708 bits per heavy atom. The SMILES string of the molecule is c1csc(C2=C(c3nc4sccc4s3)S(c3nccs3)(c3cccc4cc5ccccc5cc34)c3[nH]c(-c4nc5sccc5o4)nc32)c1. The van der Waals surface area contributed by atoms with Crippen molar-refractivity contribution in [2.24, 2.45) is 0 Å². The summed E-state index contributed by atoms with van der Waals surface area (Å²) < 4.78 is 8.48. The molecule has 1 atom stereocenters. The highest BCUT2D eigenvalue weighted by molar-refractivity contribution is 8.42. The minimum absolute atomic E-state index is 0.490. The second-order valence-corrected chi connectivity index (χ2v) is 19.0. The molecule has 6 nitrogen and oxygen atoms in total. The van der Waals surface area contributed by atoms with Crippen molar-refractivity contribution in [3.05, 3.63) is 122 Å². The van der Waals surface area contributed by atoms with Crippen LogP contribution in [0, 0.1) is 0 Å². The molecule has 10 aromatic rings. The molecule has 0 saturated carbocycles. The van der Waals surface area contributed by atoms with Gasteiger partial charge in [-0.15, -0.1) is 56.7 Å². The third-order valence-electron chi connectivity index (χ3n) is 8.66. The standard InChI is InChI=1S/C36H19N5OS6/c1-2-6-20-18-22-21(17-19(20)5-1)7-3-9-26(22)48(36-37-12-16-46-36)29(34-41-33-25(47-34)11-15-45-33)27(24-8-4-13-43-24)28-35(48)39-30(38-28)31-40-32-23(42-31)10-14-44-32/h1-18H,(H,38,39). The highest BCUT2D eigenvalue weighted by Gasteiger charge is 2.51. The van der Waals surface area contributed by atoms with Crippen LogP contribution in [0.15, 0.2) is 125 Å².